The van der Waals surface area contributed by atoms with Crippen LogP contribution in [0.2, 0.25) is 0 Å². The van der Waals surface area contributed by atoms with E-state index in [0.29, 0.717) is 34.3 Å². The molecule has 3 aromatic carbocycles. The molecule has 38 heavy (non-hydrogen) atoms. The molecule has 1 N–H and O–H groups in total. The Labute approximate surface area is 221 Å². The summed E-state index contributed by atoms with van der Waals surface area (Å²) in [4.78, 5) is 25.0. The molecule has 0 aliphatic heterocycles. The van der Waals surface area contributed by atoms with Crippen molar-refractivity contribution in [2.45, 2.75) is 13.8 Å². The second-order valence-corrected chi connectivity index (χ2v) is 8.02. The number of carbonyl (C=O) groups excluding carboxylic acids is 2. The molecule has 0 saturated carbocycles. The van der Waals surface area contributed by atoms with E-state index < -0.39 is 11.9 Å². The Hall–Kier alpha value is -4.73. The van der Waals surface area contributed by atoms with Gasteiger partial charge in [-0.05, 0) is 60.9 Å². The number of methoxy groups -OCH3 is 4. The van der Waals surface area contributed by atoms with E-state index in [1.54, 1.807) is 18.2 Å². The SMILES string of the molecule is COc1cc(/C=N\NC(=O)COc2c(C)cccc2C)ccc1OC(=O)c1cc(OC)c(OC)c(OC)c1. The van der Waals surface area contributed by atoms with Gasteiger partial charge in [-0.3, -0.25) is 4.79 Å². The lowest BCUT2D eigenvalue weighted by molar-refractivity contribution is -0.123. The molecule has 10 heteroatoms. The molecule has 0 fully saturated rings. The number of nitrogens with one attached hydrogen (secondary N) is 1. The molecule has 0 heterocycles. The molecule has 0 atom stereocenters. The molecule has 200 valence electrons. The van der Waals surface area contributed by atoms with E-state index in [4.69, 9.17) is 28.4 Å². The summed E-state index contributed by atoms with van der Waals surface area (Å²) in [5.41, 5.74) is 5.11. The van der Waals surface area contributed by atoms with Gasteiger partial charge < -0.3 is 28.4 Å². The second kappa shape index (κ2) is 13.0. The maximum atomic E-state index is 12.8. The highest BCUT2D eigenvalue weighted by atomic mass is 16.6. The molecule has 0 bridgehead atoms. The number of esters is 1. The van der Waals surface area contributed by atoms with Crippen LogP contribution >= 0.6 is 0 Å². The maximum Gasteiger partial charge on any atom is 0.343 e. The highest BCUT2D eigenvalue weighted by Gasteiger charge is 2.19. The normalized spacial score (nSPS) is 10.6. The van der Waals surface area contributed by atoms with Gasteiger partial charge in [-0.2, -0.15) is 5.10 Å². The number of para-hydroxylation sites is 1. The molecule has 0 radical (unpaired) electrons. The monoisotopic (exact) mass is 522 g/mol. The van der Waals surface area contributed by atoms with Crippen molar-refractivity contribution in [1.82, 2.24) is 5.43 Å². The highest BCUT2D eigenvalue weighted by molar-refractivity contribution is 5.93. The van der Waals surface area contributed by atoms with Crippen LogP contribution in [0.3, 0.4) is 0 Å². The third-order valence-electron chi connectivity index (χ3n) is 5.45. The van der Waals surface area contributed by atoms with E-state index in [1.165, 1.54) is 46.8 Å². The van der Waals surface area contributed by atoms with Gasteiger partial charge in [-0.25, -0.2) is 10.2 Å². The molecule has 0 aliphatic rings. The molecule has 0 aliphatic carbocycles. The van der Waals surface area contributed by atoms with Crippen LogP contribution in [0.4, 0.5) is 0 Å². The predicted octanol–water partition coefficient (Wildman–Crippen LogP) is 4.09. The van der Waals surface area contributed by atoms with Gasteiger partial charge in [0.15, 0.2) is 29.6 Å². The minimum Gasteiger partial charge on any atom is -0.493 e. The number of aryl methyl sites for hydroxylation is 2. The zero-order chi connectivity index (χ0) is 27.7. The van der Waals surface area contributed by atoms with Crippen LogP contribution in [0.5, 0.6) is 34.5 Å². The van der Waals surface area contributed by atoms with Gasteiger partial charge in [0.05, 0.1) is 40.2 Å². The minimum atomic E-state index is -0.653. The van der Waals surface area contributed by atoms with Crippen molar-refractivity contribution >= 4 is 18.1 Å². The molecular formula is C28H30N2O8. The Kier molecular flexibility index (Phi) is 9.53. The molecule has 10 nitrogen and oxygen atoms in total. The Morgan fingerprint density at radius 2 is 1.42 bits per heavy atom. The highest BCUT2D eigenvalue weighted by Crippen LogP contribution is 2.38. The number of hydrazone groups is 1. The van der Waals surface area contributed by atoms with Gasteiger partial charge in [0.25, 0.3) is 5.91 Å². The fourth-order valence-electron chi connectivity index (χ4n) is 3.58. The number of nitrogens with zero attached hydrogens (tertiary/aromatic N) is 1. The van der Waals surface area contributed by atoms with Gasteiger partial charge in [0.1, 0.15) is 5.75 Å². The van der Waals surface area contributed by atoms with E-state index in [9.17, 15) is 9.59 Å². The van der Waals surface area contributed by atoms with Crippen molar-refractivity contribution in [1.29, 1.82) is 0 Å². The van der Waals surface area contributed by atoms with Crippen molar-refractivity contribution in [2.24, 2.45) is 5.10 Å². The Morgan fingerprint density at radius 3 is 2.00 bits per heavy atom. The first kappa shape index (κ1) is 27.9. The summed E-state index contributed by atoms with van der Waals surface area (Å²) >= 11 is 0. The van der Waals surface area contributed by atoms with Crippen LogP contribution in [0.1, 0.15) is 27.0 Å². The average molecular weight is 523 g/mol. The molecule has 0 saturated heterocycles. The molecule has 3 aromatic rings. The number of amides is 1. The molecule has 0 aromatic heterocycles. The largest absolute Gasteiger partial charge is 0.493 e. The van der Waals surface area contributed by atoms with Crippen LogP contribution in [-0.4, -0.2) is 53.1 Å². The van der Waals surface area contributed by atoms with Gasteiger partial charge in [-0.1, -0.05) is 18.2 Å². The summed E-state index contributed by atoms with van der Waals surface area (Å²) in [7, 11) is 5.83. The van der Waals surface area contributed by atoms with Gasteiger partial charge >= 0.3 is 5.97 Å². The Morgan fingerprint density at radius 1 is 0.789 bits per heavy atom. The number of carbonyl (C=O) groups is 2. The quantitative estimate of drug-likeness (QED) is 0.173. The van der Waals surface area contributed by atoms with Crippen molar-refractivity contribution in [3.8, 4) is 34.5 Å². The predicted molar refractivity (Wildman–Crippen MR) is 141 cm³/mol. The van der Waals surface area contributed by atoms with Crippen molar-refractivity contribution in [2.75, 3.05) is 35.0 Å². The van der Waals surface area contributed by atoms with Crippen molar-refractivity contribution in [3.05, 3.63) is 70.8 Å². The molecule has 1 amide bonds. The first-order valence-corrected chi connectivity index (χ1v) is 11.5. The molecule has 0 spiro atoms. The lowest BCUT2D eigenvalue weighted by atomic mass is 10.1. The fourth-order valence-corrected chi connectivity index (χ4v) is 3.58. The number of rotatable bonds is 11. The fraction of sp³-hybridized carbons (Fsp3) is 0.250. The standard InChI is InChI=1S/C28H30N2O8/c1-17-8-7-9-18(2)26(17)37-16-25(31)30-29-15-19-10-11-21(22(12-19)33-3)38-28(32)20-13-23(34-4)27(36-6)24(14-20)35-5/h7-15H,16H2,1-6H3,(H,30,31)/b29-15-. The van der Waals surface area contributed by atoms with E-state index >= 15 is 0 Å². The maximum absolute atomic E-state index is 12.8. The lowest BCUT2D eigenvalue weighted by Gasteiger charge is -2.14. The smallest absolute Gasteiger partial charge is 0.343 e. The van der Waals surface area contributed by atoms with Gasteiger partial charge in [0.2, 0.25) is 5.75 Å². The number of ether oxygens (including phenoxy) is 6. The number of hydrogen-bond acceptors (Lipinski definition) is 9. The van der Waals surface area contributed by atoms with E-state index in [2.05, 4.69) is 10.5 Å². The summed E-state index contributed by atoms with van der Waals surface area (Å²) < 4.78 is 32.4. The second-order valence-electron chi connectivity index (χ2n) is 8.02. The molecular weight excluding hydrogens is 492 g/mol. The summed E-state index contributed by atoms with van der Waals surface area (Å²) in [6, 6.07) is 13.6. The summed E-state index contributed by atoms with van der Waals surface area (Å²) in [5.74, 6) is 1.09. The summed E-state index contributed by atoms with van der Waals surface area (Å²) in [6.07, 6.45) is 1.43. The third kappa shape index (κ3) is 6.73. The molecule has 0 unspecified atom stereocenters. The van der Waals surface area contributed by atoms with Crippen LogP contribution in [0, 0.1) is 13.8 Å². The van der Waals surface area contributed by atoms with E-state index in [0.717, 1.165) is 11.1 Å². The van der Waals surface area contributed by atoms with Crippen LogP contribution < -0.4 is 33.8 Å². The molecule has 3 rings (SSSR count). The summed E-state index contributed by atoms with van der Waals surface area (Å²) in [6.45, 7) is 3.65. The van der Waals surface area contributed by atoms with Gasteiger partial charge in [-0.15, -0.1) is 0 Å². The van der Waals surface area contributed by atoms with E-state index in [1.807, 2.05) is 32.0 Å². The summed E-state index contributed by atoms with van der Waals surface area (Å²) in [5, 5.41) is 3.96. The number of benzene rings is 3. The van der Waals surface area contributed by atoms with Crippen molar-refractivity contribution < 1.29 is 38.0 Å². The van der Waals surface area contributed by atoms with Crippen LogP contribution in [-0.2, 0) is 4.79 Å². The Bertz CT molecular complexity index is 1290. The average Bonchev–Trinajstić information content (AvgIpc) is 2.92. The lowest BCUT2D eigenvalue weighted by Crippen LogP contribution is -2.25. The van der Waals surface area contributed by atoms with E-state index in [-0.39, 0.29) is 17.9 Å². The van der Waals surface area contributed by atoms with Crippen LogP contribution in [0.15, 0.2) is 53.6 Å². The van der Waals surface area contributed by atoms with Crippen molar-refractivity contribution in [3.63, 3.8) is 0 Å². The van der Waals surface area contributed by atoms with Crippen LogP contribution in [0.25, 0.3) is 0 Å². The minimum absolute atomic E-state index is 0.178. The third-order valence-corrected chi connectivity index (χ3v) is 5.45. The zero-order valence-corrected chi connectivity index (χ0v) is 22.1. The Balaban J connectivity index is 1.65. The first-order valence-electron chi connectivity index (χ1n) is 11.5. The van der Waals surface area contributed by atoms with Gasteiger partial charge in [0, 0.05) is 0 Å². The zero-order valence-electron chi connectivity index (χ0n) is 22.1. The topological polar surface area (TPSA) is 114 Å². The first-order chi connectivity index (χ1) is 18.3. The number of hydrogen-bond donors (Lipinski definition) is 1.